The largest absolute Gasteiger partial charge is 0.374 e. The molecule has 0 radical (unpaired) electrons. The van der Waals surface area contributed by atoms with Gasteiger partial charge in [-0.05, 0) is 26.2 Å². The van der Waals surface area contributed by atoms with E-state index in [9.17, 15) is 4.79 Å². The number of hydrogen-bond donors (Lipinski definition) is 0. The molecule has 0 amide bonds. The van der Waals surface area contributed by atoms with Gasteiger partial charge in [0.15, 0.2) is 0 Å². The highest BCUT2D eigenvalue weighted by Gasteiger charge is 2.16. The van der Waals surface area contributed by atoms with Crippen molar-refractivity contribution in [2.75, 3.05) is 18.0 Å². The lowest BCUT2D eigenvalue weighted by molar-refractivity contribution is 0.565. The van der Waals surface area contributed by atoms with Crippen LogP contribution >= 0.6 is 0 Å². The summed E-state index contributed by atoms with van der Waals surface area (Å²) in [6, 6.07) is 0. The zero-order valence-electron chi connectivity index (χ0n) is 10.4. The summed E-state index contributed by atoms with van der Waals surface area (Å²) in [5, 5.41) is 4.00. The first-order valence-electron chi connectivity index (χ1n) is 6.37. The average Bonchev–Trinajstić information content (AvgIpc) is 2.83. The van der Waals surface area contributed by atoms with Gasteiger partial charge in [0.1, 0.15) is 6.33 Å². The maximum Gasteiger partial charge on any atom is 0.374 e. The minimum atomic E-state index is -0.354. The third kappa shape index (κ3) is 1.75. The maximum atomic E-state index is 11.9. The average molecular weight is 248 g/mol. The van der Waals surface area contributed by atoms with E-state index in [0.717, 1.165) is 32.5 Å². The zero-order valence-corrected chi connectivity index (χ0v) is 10.4. The molecule has 2 aromatic rings. The highest BCUT2D eigenvalue weighted by molar-refractivity contribution is 5.38. The van der Waals surface area contributed by atoms with Gasteiger partial charge in [-0.3, -0.25) is 4.57 Å². The third-order valence-electron chi connectivity index (χ3n) is 3.31. The van der Waals surface area contributed by atoms with Crippen molar-refractivity contribution in [1.29, 1.82) is 0 Å². The normalized spacial score (nSPS) is 16.4. The van der Waals surface area contributed by atoms with Gasteiger partial charge in [0.25, 0.3) is 0 Å². The van der Waals surface area contributed by atoms with Crippen LogP contribution in [0.2, 0.25) is 0 Å². The Hall–Kier alpha value is -1.92. The van der Waals surface area contributed by atoms with Crippen LogP contribution in [0.5, 0.6) is 0 Å². The van der Waals surface area contributed by atoms with Crippen molar-refractivity contribution in [3.05, 3.63) is 16.8 Å². The number of aryl methyl sites for hydroxylation is 1. The van der Waals surface area contributed by atoms with Crippen LogP contribution in [0.15, 0.2) is 11.1 Å². The van der Waals surface area contributed by atoms with E-state index < -0.39 is 0 Å². The van der Waals surface area contributed by atoms with Gasteiger partial charge in [0.05, 0.1) is 0 Å². The summed E-state index contributed by atoms with van der Waals surface area (Å²) in [6.07, 6.45) is 5.13. The SMILES string of the molecule is CCn1cnn2c(=O)nc(N3CCCCC3)nc12. The van der Waals surface area contributed by atoms with E-state index in [2.05, 4.69) is 20.0 Å². The summed E-state index contributed by atoms with van der Waals surface area (Å²) in [5.41, 5.74) is -0.354. The monoisotopic (exact) mass is 248 g/mol. The minimum Gasteiger partial charge on any atom is -0.341 e. The number of anilines is 1. The lowest BCUT2D eigenvalue weighted by Gasteiger charge is -2.26. The van der Waals surface area contributed by atoms with Crippen LogP contribution in [0.1, 0.15) is 26.2 Å². The van der Waals surface area contributed by atoms with Crippen molar-refractivity contribution in [1.82, 2.24) is 24.1 Å². The number of nitrogens with zero attached hydrogens (tertiary/aromatic N) is 6. The number of hydrogen-bond acceptors (Lipinski definition) is 5. The Bertz CT molecular complexity index is 610. The van der Waals surface area contributed by atoms with Crippen molar-refractivity contribution in [2.45, 2.75) is 32.7 Å². The van der Waals surface area contributed by atoms with Gasteiger partial charge in [-0.2, -0.15) is 15.1 Å². The van der Waals surface area contributed by atoms with Gasteiger partial charge in [-0.1, -0.05) is 0 Å². The predicted octanol–water partition coefficient (Wildman–Crippen LogP) is 0.296. The van der Waals surface area contributed by atoms with E-state index in [1.165, 1.54) is 10.9 Å². The Morgan fingerprint density at radius 1 is 1.22 bits per heavy atom. The van der Waals surface area contributed by atoms with Crippen LogP contribution in [0, 0.1) is 0 Å². The summed E-state index contributed by atoms with van der Waals surface area (Å²) < 4.78 is 3.09. The highest BCUT2D eigenvalue weighted by atomic mass is 16.1. The molecule has 3 rings (SSSR count). The fourth-order valence-corrected chi connectivity index (χ4v) is 2.29. The molecule has 0 saturated carbocycles. The quantitative estimate of drug-likeness (QED) is 0.764. The Morgan fingerprint density at radius 2 is 2.00 bits per heavy atom. The van der Waals surface area contributed by atoms with Gasteiger partial charge in [0.2, 0.25) is 11.7 Å². The molecule has 3 heterocycles. The zero-order chi connectivity index (χ0) is 12.5. The smallest absolute Gasteiger partial charge is 0.341 e. The molecule has 1 saturated heterocycles. The minimum absolute atomic E-state index is 0.354. The molecular formula is C11H16N6O. The Kier molecular flexibility index (Phi) is 2.73. The van der Waals surface area contributed by atoms with Crippen molar-refractivity contribution in [3.63, 3.8) is 0 Å². The molecule has 18 heavy (non-hydrogen) atoms. The number of piperidine rings is 1. The number of rotatable bonds is 2. The van der Waals surface area contributed by atoms with E-state index in [4.69, 9.17) is 0 Å². The van der Waals surface area contributed by atoms with Crippen molar-refractivity contribution < 1.29 is 0 Å². The predicted molar refractivity (Wildman–Crippen MR) is 66.8 cm³/mol. The highest BCUT2D eigenvalue weighted by Crippen LogP contribution is 2.14. The van der Waals surface area contributed by atoms with Crippen molar-refractivity contribution in [2.24, 2.45) is 0 Å². The maximum absolute atomic E-state index is 11.9. The molecule has 0 N–H and O–H groups in total. The number of fused-ring (bicyclic) bond motifs is 1. The first-order chi connectivity index (χ1) is 8.79. The van der Waals surface area contributed by atoms with Gasteiger partial charge < -0.3 is 4.90 Å². The Balaban J connectivity index is 2.09. The molecule has 0 atom stereocenters. The molecule has 96 valence electrons. The van der Waals surface area contributed by atoms with E-state index in [0.29, 0.717) is 11.7 Å². The molecular weight excluding hydrogens is 232 g/mol. The Morgan fingerprint density at radius 3 is 2.72 bits per heavy atom. The summed E-state index contributed by atoms with van der Waals surface area (Å²) in [7, 11) is 0. The van der Waals surface area contributed by atoms with Gasteiger partial charge in [-0.25, -0.2) is 4.79 Å². The van der Waals surface area contributed by atoms with E-state index in [-0.39, 0.29) is 5.69 Å². The second kappa shape index (κ2) is 4.40. The second-order valence-electron chi connectivity index (χ2n) is 4.48. The molecule has 1 aliphatic rings. The molecule has 1 fully saturated rings. The summed E-state index contributed by atoms with van der Waals surface area (Å²) in [6.45, 7) is 4.58. The second-order valence-corrected chi connectivity index (χ2v) is 4.48. The van der Waals surface area contributed by atoms with Crippen LogP contribution in [-0.4, -0.2) is 37.2 Å². The molecule has 1 aliphatic heterocycles. The van der Waals surface area contributed by atoms with E-state index in [1.54, 1.807) is 6.33 Å². The van der Waals surface area contributed by atoms with Gasteiger partial charge >= 0.3 is 5.69 Å². The van der Waals surface area contributed by atoms with Crippen molar-refractivity contribution in [3.8, 4) is 0 Å². The van der Waals surface area contributed by atoms with Crippen molar-refractivity contribution >= 4 is 11.7 Å². The summed E-state index contributed by atoms with van der Waals surface area (Å²) >= 11 is 0. The lowest BCUT2D eigenvalue weighted by Crippen LogP contribution is -2.34. The van der Waals surface area contributed by atoms with Gasteiger partial charge in [-0.15, -0.1) is 4.52 Å². The van der Waals surface area contributed by atoms with Crippen LogP contribution in [-0.2, 0) is 6.54 Å². The molecule has 0 spiro atoms. The van der Waals surface area contributed by atoms with Crippen LogP contribution < -0.4 is 10.6 Å². The first-order valence-corrected chi connectivity index (χ1v) is 6.37. The molecule has 0 aromatic carbocycles. The van der Waals surface area contributed by atoms with Crippen LogP contribution in [0.3, 0.4) is 0 Å². The number of aromatic nitrogens is 5. The summed E-state index contributed by atoms with van der Waals surface area (Å²) in [4.78, 5) is 22.4. The molecule has 2 aromatic heterocycles. The third-order valence-corrected chi connectivity index (χ3v) is 3.31. The van der Waals surface area contributed by atoms with E-state index in [1.807, 2.05) is 11.5 Å². The molecule has 7 nitrogen and oxygen atoms in total. The molecule has 0 bridgehead atoms. The lowest BCUT2D eigenvalue weighted by atomic mass is 10.1. The Labute approximate surface area is 104 Å². The molecule has 0 unspecified atom stereocenters. The van der Waals surface area contributed by atoms with Crippen LogP contribution in [0.4, 0.5) is 5.95 Å². The van der Waals surface area contributed by atoms with E-state index >= 15 is 0 Å². The molecule has 7 heteroatoms. The first kappa shape index (κ1) is 11.2. The summed E-state index contributed by atoms with van der Waals surface area (Å²) in [5.74, 6) is 1.10. The fraction of sp³-hybridized carbons (Fsp3) is 0.636. The standard InChI is InChI=1S/C11H16N6O/c1-2-15-8-12-17-10(15)13-9(14-11(17)18)16-6-4-3-5-7-16/h8H,2-7H2,1H3. The fourth-order valence-electron chi connectivity index (χ4n) is 2.29. The van der Waals surface area contributed by atoms with Crippen LogP contribution in [0.25, 0.3) is 5.78 Å². The molecule has 0 aliphatic carbocycles. The topological polar surface area (TPSA) is 68.3 Å². The van der Waals surface area contributed by atoms with Gasteiger partial charge in [0, 0.05) is 19.6 Å².